The van der Waals surface area contributed by atoms with Crippen LogP contribution >= 0.6 is 15.9 Å². The maximum absolute atomic E-state index is 5.41. The van der Waals surface area contributed by atoms with E-state index in [1.807, 2.05) is 25.0 Å². The number of aryl methyl sites for hydroxylation is 1. The Morgan fingerprint density at radius 1 is 1.56 bits per heavy atom. The quantitative estimate of drug-likeness (QED) is 0.923. The van der Waals surface area contributed by atoms with Gasteiger partial charge in [0.15, 0.2) is 0 Å². The second-order valence-electron chi connectivity index (χ2n) is 4.22. The third kappa shape index (κ3) is 2.31. The van der Waals surface area contributed by atoms with Crippen LogP contribution in [0.4, 0.5) is 0 Å². The zero-order valence-electron chi connectivity index (χ0n) is 9.74. The molecule has 0 aromatic carbocycles. The Balaban J connectivity index is 2.21. The Labute approximate surface area is 104 Å². The van der Waals surface area contributed by atoms with Crippen molar-refractivity contribution in [3.8, 4) is 0 Å². The van der Waals surface area contributed by atoms with Crippen molar-refractivity contribution in [3.63, 3.8) is 0 Å². The average Bonchev–Trinajstić information content (AvgIpc) is 2.63. The van der Waals surface area contributed by atoms with Gasteiger partial charge < -0.3 is 10.1 Å². The van der Waals surface area contributed by atoms with E-state index in [0.29, 0.717) is 12.0 Å². The van der Waals surface area contributed by atoms with E-state index in [0.717, 1.165) is 30.5 Å². The molecule has 1 aliphatic heterocycles. The molecule has 1 unspecified atom stereocenters. The molecule has 2 heterocycles. The molecular formula is C11H18BrN3O. The molecule has 1 aromatic rings. The topological polar surface area (TPSA) is 39.1 Å². The van der Waals surface area contributed by atoms with Gasteiger partial charge in [0.1, 0.15) is 0 Å². The van der Waals surface area contributed by atoms with Crippen molar-refractivity contribution in [1.82, 2.24) is 15.1 Å². The highest BCUT2D eigenvalue weighted by Crippen LogP contribution is 2.33. The van der Waals surface area contributed by atoms with Crippen LogP contribution in [0.1, 0.15) is 24.6 Å². The van der Waals surface area contributed by atoms with Crippen molar-refractivity contribution in [2.45, 2.75) is 18.9 Å². The lowest BCUT2D eigenvalue weighted by molar-refractivity contribution is 0.0535. The molecule has 1 fully saturated rings. The summed E-state index contributed by atoms with van der Waals surface area (Å²) in [6, 6.07) is 0.353. The molecule has 0 amide bonds. The van der Waals surface area contributed by atoms with E-state index in [1.165, 1.54) is 5.69 Å². The molecule has 16 heavy (non-hydrogen) atoms. The summed E-state index contributed by atoms with van der Waals surface area (Å²) in [4.78, 5) is 0. The van der Waals surface area contributed by atoms with Crippen LogP contribution in [0.15, 0.2) is 10.7 Å². The molecule has 0 saturated carbocycles. The first-order chi connectivity index (χ1) is 7.74. The number of nitrogens with zero attached hydrogens (tertiary/aromatic N) is 2. The number of nitrogens with one attached hydrogen (secondary N) is 1. The largest absolute Gasteiger partial charge is 0.381 e. The summed E-state index contributed by atoms with van der Waals surface area (Å²) < 4.78 is 8.44. The van der Waals surface area contributed by atoms with E-state index in [2.05, 4.69) is 26.3 Å². The second-order valence-corrected chi connectivity index (χ2v) is 5.07. The van der Waals surface area contributed by atoms with Crippen molar-refractivity contribution >= 4 is 15.9 Å². The van der Waals surface area contributed by atoms with Crippen LogP contribution in [-0.4, -0.2) is 30.0 Å². The predicted molar refractivity (Wildman–Crippen MR) is 66.3 cm³/mol. The zero-order valence-corrected chi connectivity index (χ0v) is 11.3. The van der Waals surface area contributed by atoms with Gasteiger partial charge in [-0.2, -0.15) is 5.10 Å². The van der Waals surface area contributed by atoms with Crippen molar-refractivity contribution in [2.24, 2.45) is 13.0 Å². The van der Waals surface area contributed by atoms with Gasteiger partial charge in [-0.25, -0.2) is 0 Å². The number of hydrogen-bond acceptors (Lipinski definition) is 3. The smallest absolute Gasteiger partial charge is 0.0695 e. The van der Waals surface area contributed by atoms with E-state index >= 15 is 0 Å². The summed E-state index contributed by atoms with van der Waals surface area (Å²) >= 11 is 3.57. The molecule has 0 aliphatic carbocycles. The fourth-order valence-corrected chi connectivity index (χ4v) is 3.01. The van der Waals surface area contributed by atoms with Gasteiger partial charge in [-0.15, -0.1) is 0 Å². The summed E-state index contributed by atoms with van der Waals surface area (Å²) in [5.41, 5.74) is 1.23. The standard InChI is InChI=1S/C11H18BrN3O/c1-13-10(8-3-5-16-6-4-8)11-9(12)7-14-15(11)2/h7-8,10,13H,3-6H2,1-2H3. The fourth-order valence-electron chi connectivity index (χ4n) is 2.41. The molecule has 5 heteroatoms. The molecule has 0 spiro atoms. The molecule has 0 radical (unpaired) electrons. The maximum atomic E-state index is 5.41. The SMILES string of the molecule is CNC(c1c(Br)cnn1C)C1CCOCC1. The van der Waals surface area contributed by atoms with Gasteiger partial charge >= 0.3 is 0 Å². The predicted octanol–water partition coefficient (Wildman–Crippen LogP) is 1.87. The lowest BCUT2D eigenvalue weighted by Gasteiger charge is -2.30. The molecule has 2 rings (SSSR count). The van der Waals surface area contributed by atoms with Gasteiger partial charge in [-0.05, 0) is 41.7 Å². The normalized spacial score (nSPS) is 19.9. The van der Waals surface area contributed by atoms with E-state index in [-0.39, 0.29) is 0 Å². The van der Waals surface area contributed by atoms with Crippen molar-refractivity contribution < 1.29 is 4.74 Å². The molecule has 1 N–H and O–H groups in total. The molecule has 1 atom stereocenters. The Morgan fingerprint density at radius 2 is 2.25 bits per heavy atom. The minimum Gasteiger partial charge on any atom is -0.381 e. The van der Waals surface area contributed by atoms with Gasteiger partial charge in [0, 0.05) is 20.3 Å². The van der Waals surface area contributed by atoms with E-state index in [4.69, 9.17) is 4.74 Å². The summed E-state index contributed by atoms with van der Waals surface area (Å²) in [6.07, 6.45) is 4.09. The van der Waals surface area contributed by atoms with Crippen LogP contribution in [0, 0.1) is 5.92 Å². The maximum Gasteiger partial charge on any atom is 0.0695 e. The number of rotatable bonds is 3. The van der Waals surface area contributed by atoms with E-state index < -0.39 is 0 Å². The highest BCUT2D eigenvalue weighted by atomic mass is 79.9. The van der Waals surface area contributed by atoms with Crippen molar-refractivity contribution in [3.05, 3.63) is 16.4 Å². The van der Waals surface area contributed by atoms with Gasteiger partial charge in [0.2, 0.25) is 0 Å². The van der Waals surface area contributed by atoms with E-state index in [1.54, 1.807) is 0 Å². The number of aromatic nitrogens is 2. The fraction of sp³-hybridized carbons (Fsp3) is 0.727. The first kappa shape index (κ1) is 12.1. The second kappa shape index (κ2) is 5.29. The van der Waals surface area contributed by atoms with Crippen LogP contribution in [0.25, 0.3) is 0 Å². The number of halogens is 1. The first-order valence-corrected chi connectivity index (χ1v) is 6.45. The van der Waals surface area contributed by atoms with Gasteiger partial charge in [0.05, 0.1) is 22.4 Å². The van der Waals surface area contributed by atoms with Crippen molar-refractivity contribution in [2.75, 3.05) is 20.3 Å². The summed E-state index contributed by atoms with van der Waals surface area (Å²) in [7, 11) is 4.00. The third-order valence-electron chi connectivity index (χ3n) is 3.28. The highest BCUT2D eigenvalue weighted by molar-refractivity contribution is 9.10. The zero-order chi connectivity index (χ0) is 11.5. The highest BCUT2D eigenvalue weighted by Gasteiger charge is 2.27. The molecular weight excluding hydrogens is 270 g/mol. The van der Waals surface area contributed by atoms with Gasteiger partial charge in [-0.3, -0.25) is 4.68 Å². The Bertz CT molecular complexity index is 327. The third-order valence-corrected chi connectivity index (χ3v) is 3.89. The van der Waals surface area contributed by atoms with E-state index in [9.17, 15) is 0 Å². The van der Waals surface area contributed by atoms with Crippen LogP contribution in [0.2, 0.25) is 0 Å². The van der Waals surface area contributed by atoms with Crippen LogP contribution in [0.5, 0.6) is 0 Å². The van der Waals surface area contributed by atoms with Crippen molar-refractivity contribution in [1.29, 1.82) is 0 Å². The number of hydrogen-bond donors (Lipinski definition) is 1. The molecule has 0 bridgehead atoms. The van der Waals surface area contributed by atoms with Gasteiger partial charge in [-0.1, -0.05) is 0 Å². The molecule has 1 aliphatic rings. The van der Waals surface area contributed by atoms with Gasteiger partial charge in [0.25, 0.3) is 0 Å². The summed E-state index contributed by atoms with van der Waals surface area (Å²) in [5.74, 6) is 0.630. The minimum absolute atomic E-state index is 0.353. The molecule has 1 aromatic heterocycles. The van der Waals surface area contributed by atoms with Crippen LogP contribution < -0.4 is 5.32 Å². The monoisotopic (exact) mass is 287 g/mol. The molecule has 1 saturated heterocycles. The minimum atomic E-state index is 0.353. The molecule has 90 valence electrons. The first-order valence-electron chi connectivity index (χ1n) is 5.66. The Kier molecular flexibility index (Phi) is 4.00. The summed E-state index contributed by atoms with van der Waals surface area (Å²) in [5, 5.41) is 7.69. The lowest BCUT2D eigenvalue weighted by atomic mass is 9.90. The Hall–Kier alpha value is -0.390. The Morgan fingerprint density at radius 3 is 2.75 bits per heavy atom. The van der Waals surface area contributed by atoms with Crippen LogP contribution in [0.3, 0.4) is 0 Å². The number of ether oxygens (including phenoxy) is 1. The average molecular weight is 288 g/mol. The van der Waals surface area contributed by atoms with Crippen LogP contribution in [-0.2, 0) is 11.8 Å². The molecule has 4 nitrogen and oxygen atoms in total. The summed E-state index contributed by atoms with van der Waals surface area (Å²) in [6.45, 7) is 1.75. The lowest BCUT2D eigenvalue weighted by Crippen LogP contribution is -2.31.